The van der Waals surface area contributed by atoms with Crippen LogP contribution in [0.4, 0.5) is 11.4 Å². The number of anilines is 2. The normalized spacial score (nSPS) is 13.9. The molecule has 2 heterocycles. The van der Waals surface area contributed by atoms with Crippen LogP contribution in [0, 0.1) is 0 Å². The van der Waals surface area contributed by atoms with Crippen molar-refractivity contribution in [2.75, 3.05) is 4.90 Å². The summed E-state index contributed by atoms with van der Waals surface area (Å²) in [5, 5.41) is 2.53. The van der Waals surface area contributed by atoms with E-state index in [2.05, 4.69) is 145 Å². The highest BCUT2D eigenvalue weighted by atomic mass is 15.1. The number of benzene rings is 5. The lowest BCUT2D eigenvalue weighted by Gasteiger charge is -2.40. The van der Waals surface area contributed by atoms with Crippen molar-refractivity contribution >= 4 is 33.2 Å². The first kappa shape index (κ1) is 21.7. The van der Waals surface area contributed by atoms with Crippen LogP contribution in [0.5, 0.6) is 0 Å². The van der Waals surface area contributed by atoms with Gasteiger partial charge in [0.05, 0.1) is 16.7 Å². The van der Waals surface area contributed by atoms with Gasteiger partial charge in [0.2, 0.25) is 0 Å². The number of para-hydroxylation sites is 3. The molecule has 2 nitrogen and oxygen atoms in total. The van der Waals surface area contributed by atoms with E-state index in [9.17, 15) is 0 Å². The Morgan fingerprint density at radius 2 is 1.24 bits per heavy atom. The minimum Gasteiger partial charge on any atom is -0.317 e. The molecule has 37 heavy (non-hydrogen) atoms. The van der Waals surface area contributed by atoms with Crippen molar-refractivity contribution in [3.63, 3.8) is 0 Å². The van der Waals surface area contributed by atoms with Gasteiger partial charge in [0.25, 0.3) is 0 Å². The van der Waals surface area contributed by atoms with E-state index in [1.54, 1.807) is 0 Å². The van der Waals surface area contributed by atoms with Crippen molar-refractivity contribution in [2.45, 2.75) is 19.3 Å². The van der Waals surface area contributed by atoms with Crippen LogP contribution in [0.3, 0.4) is 0 Å². The molecule has 6 aromatic rings. The van der Waals surface area contributed by atoms with Crippen LogP contribution in [-0.4, -0.2) is 4.57 Å². The van der Waals surface area contributed by atoms with Gasteiger partial charge in [0.15, 0.2) is 0 Å². The van der Waals surface area contributed by atoms with Crippen LogP contribution < -0.4 is 4.90 Å². The first-order chi connectivity index (χ1) is 18.1. The van der Waals surface area contributed by atoms with E-state index in [1.807, 2.05) is 6.20 Å². The van der Waals surface area contributed by atoms with Gasteiger partial charge >= 0.3 is 0 Å². The van der Waals surface area contributed by atoms with Crippen molar-refractivity contribution < 1.29 is 0 Å². The van der Waals surface area contributed by atoms with Gasteiger partial charge in [-0.25, -0.2) is 0 Å². The quantitative estimate of drug-likeness (QED) is 0.247. The molecule has 1 aromatic heterocycles. The van der Waals surface area contributed by atoms with Crippen molar-refractivity contribution in [2.24, 2.45) is 0 Å². The second kappa shape index (κ2) is 7.97. The zero-order valence-electron chi connectivity index (χ0n) is 21.1. The van der Waals surface area contributed by atoms with Gasteiger partial charge in [0.1, 0.15) is 0 Å². The Bertz CT molecular complexity index is 1820. The Morgan fingerprint density at radius 1 is 0.595 bits per heavy atom. The summed E-state index contributed by atoms with van der Waals surface area (Å²) in [5.41, 5.74) is 11.0. The molecule has 0 unspecified atom stereocenters. The predicted molar refractivity (Wildman–Crippen MR) is 157 cm³/mol. The lowest BCUT2D eigenvalue weighted by molar-refractivity contribution is 0.631. The van der Waals surface area contributed by atoms with Crippen molar-refractivity contribution in [1.29, 1.82) is 0 Å². The van der Waals surface area contributed by atoms with E-state index in [1.165, 1.54) is 61.1 Å². The van der Waals surface area contributed by atoms with Crippen LogP contribution in [0.15, 0.2) is 128 Å². The van der Waals surface area contributed by atoms with Gasteiger partial charge in [0, 0.05) is 33.8 Å². The molecule has 0 spiro atoms. The molecule has 0 saturated carbocycles. The highest BCUT2D eigenvalue weighted by molar-refractivity contribution is 6.10. The molecular formula is C35H28N2. The molecule has 1 aliphatic heterocycles. The fraction of sp³-hybridized carbons (Fsp3) is 0.0857. The molecule has 0 atom stereocenters. The predicted octanol–water partition coefficient (Wildman–Crippen LogP) is 9.37. The maximum Gasteiger partial charge on any atom is 0.0541 e. The number of rotatable bonds is 3. The number of nitrogens with zero attached hydrogens (tertiary/aromatic N) is 2. The molecule has 0 radical (unpaired) electrons. The molecule has 0 bridgehead atoms. The third kappa shape index (κ3) is 3.12. The molecule has 7 rings (SSSR count). The summed E-state index contributed by atoms with van der Waals surface area (Å²) in [6.45, 7) is 8.79. The molecular weight excluding hydrogens is 448 g/mol. The number of fused-ring (bicyclic) bond motifs is 5. The fourth-order valence-corrected chi connectivity index (χ4v) is 6.13. The summed E-state index contributed by atoms with van der Waals surface area (Å²) < 4.78 is 2.36. The van der Waals surface area contributed by atoms with Crippen LogP contribution in [0.25, 0.3) is 38.6 Å². The smallest absolute Gasteiger partial charge is 0.0541 e. The van der Waals surface area contributed by atoms with Crippen LogP contribution in [-0.2, 0) is 5.41 Å². The molecule has 0 saturated heterocycles. The van der Waals surface area contributed by atoms with Gasteiger partial charge < -0.3 is 9.47 Å². The first-order valence-corrected chi connectivity index (χ1v) is 12.8. The molecule has 2 heteroatoms. The Hall–Kier alpha value is -4.56. The summed E-state index contributed by atoms with van der Waals surface area (Å²) in [6, 6.07) is 41.7. The summed E-state index contributed by atoms with van der Waals surface area (Å²) in [7, 11) is 0. The van der Waals surface area contributed by atoms with Gasteiger partial charge in [-0.3, -0.25) is 0 Å². The molecule has 0 amide bonds. The zero-order chi connectivity index (χ0) is 25.1. The highest BCUT2D eigenvalue weighted by Gasteiger charge is 2.35. The SMILES string of the molecule is C=CN1c2ccccc2C(C)(C)c2ccc(-c3ccc4c(c3)c3ccccc3n4-c3ccccc3)cc21. The first-order valence-electron chi connectivity index (χ1n) is 12.8. The number of hydrogen-bond acceptors (Lipinski definition) is 1. The Morgan fingerprint density at radius 3 is 2.08 bits per heavy atom. The van der Waals surface area contributed by atoms with Gasteiger partial charge in [-0.1, -0.05) is 93.2 Å². The second-order valence-electron chi connectivity index (χ2n) is 10.3. The number of hydrogen-bond donors (Lipinski definition) is 0. The zero-order valence-corrected chi connectivity index (χ0v) is 21.1. The lowest BCUT2D eigenvalue weighted by atomic mass is 9.73. The highest BCUT2D eigenvalue weighted by Crippen LogP contribution is 2.50. The Labute approximate surface area is 217 Å². The Kier molecular flexibility index (Phi) is 4.68. The average molecular weight is 477 g/mol. The molecule has 0 aliphatic carbocycles. The third-order valence-corrected chi connectivity index (χ3v) is 7.97. The van der Waals surface area contributed by atoms with Crippen LogP contribution in [0.1, 0.15) is 25.0 Å². The van der Waals surface area contributed by atoms with Crippen molar-refractivity contribution in [1.82, 2.24) is 4.57 Å². The molecule has 0 N–H and O–H groups in total. The van der Waals surface area contributed by atoms with Crippen molar-refractivity contribution in [3.8, 4) is 16.8 Å². The topological polar surface area (TPSA) is 8.17 Å². The van der Waals surface area contributed by atoms with E-state index < -0.39 is 0 Å². The lowest BCUT2D eigenvalue weighted by Crippen LogP contribution is -2.30. The van der Waals surface area contributed by atoms with Gasteiger partial charge in [-0.05, 0) is 64.7 Å². The summed E-state index contributed by atoms with van der Waals surface area (Å²) in [6.07, 6.45) is 1.94. The van der Waals surface area contributed by atoms with Crippen molar-refractivity contribution in [3.05, 3.63) is 139 Å². The average Bonchev–Trinajstić information content (AvgIpc) is 3.27. The largest absolute Gasteiger partial charge is 0.317 e. The van der Waals surface area contributed by atoms with Crippen LogP contribution >= 0.6 is 0 Å². The standard InChI is InChI=1S/C35H28N2/c1-4-36-33-17-11-9-15-29(33)35(2,3)30-20-18-25(23-34(30)36)24-19-21-32-28(22-24)27-14-8-10-16-31(27)37(32)26-12-6-5-7-13-26/h4-23H,1H2,2-3H3. The van der Waals surface area contributed by atoms with Crippen LogP contribution in [0.2, 0.25) is 0 Å². The van der Waals surface area contributed by atoms with E-state index in [-0.39, 0.29) is 5.41 Å². The Balaban J connectivity index is 1.43. The minimum atomic E-state index is -0.0863. The monoisotopic (exact) mass is 476 g/mol. The maximum atomic E-state index is 4.16. The molecule has 1 aliphatic rings. The van der Waals surface area contributed by atoms with E-state index in [4.69, 9.17) is 0 Å². The molecule has 5 aromatic carbocycles. The van der Waals surface area contributed by atoms with E-state index in [0.717, 1.165) is 0 Å². The summed E-state index contributed by atoms with van der Waals surface area (Å²) >= 11 is 0. The van der Waals surface area contributed by atoms with Gasteiger partial charge in [-0.15, -0.1) is 0 Å². The van der Waals surface area contributed by atoms with E-state index in [0.29, 0.717) is 0 Å². The third-order valence-electron chi connectivity index (χ3n) is 7.97. The second-order valence-corrected chi connectivity index (χ2v) is 10.3. The van der Waals surface area contributed by atoms with Gasteiger partial charge in [-0.2, -0.15) is 0 Å². The summed E-state index contributed by atoms with van der Waals surface area (Å²) in [4.78, 5) is 2.24. The molecule has 178 valence electrons. The molecule has 0 fully saturated rings. The minimum absolute atomic E-state index is 0.0863. The maximum absolute atomic E-state index is 4.16. The number of aromatic nitrogens is 1. The van der Waals surface area contributed by atoms with E-state index >= 15 is 0 Å². The summed E-state index contributed by atoms with van der Waals surface area (Å²) in [5.74, 6) is 0. The fourth-order valence-electron chi connectivity index (χ4n) is 6.13.